The van der Waals surface area contributed by atoms with Crippen LogP contribution in [0, 0.1) is 0 Å². The van der Waals surface area contributed by atoms with Crippen LogP contribution in [0.25, 0.3) is 33.4 Å². The largest absolute Gasteiger partial charge is 0.345 e. The molecule has 0 heterocycles. The topological polar surface area (TPSA) is 6.48 Å². The van der Waals surface area contributed by atoms with Crippen LogP contribution in [0.5, 0.6) is 0 Å². The van der Waals surface area contributed by atoms with E-state index in [1.54, 1.807) is 0 Å². The molecule has 0 spiro atoms. The number of para-hydroxylation sites is 2. The zero-order valence-corrected chi connectivity index (χ0v) is 66.1. The number of rotatable bonds is 9. The molecule has 11 aromatic carbocycles. The van der Waals surface area contributed by atoms with Gasteiger partial charge in [0.05, 0.1) is 16.5 Å². The Hall–Kier alpha value is -8.98. The summed E-state index contributed by atoms with van der Waals surface area (Å²) in [5.41, 5.74) is 25.0. The molecule has 0 unspecified atom stereocenters. The molecule has 0 aliphatic heterocycles. The highest BCUT2D eigenvalue weighted by atomic mass is 15.1. The van der Waals surface area contributed by atoms with E-state index in [4.69, 9.17) is 0 Å². The van der Waals surface area contributed by atoms with Crippen molar-refractivity contribution in [3.05, 3.63) is 329 Å². The van der Waals surface area contributed by atoms with Gasteiger partial charge in [0.25, 0.3) is 0 Å². The fourth-order valence-corrected chi connectivity index (χ4v) is 12.9. The predicted molar refractivity (Wildman–Crippen MR) is 446 cm³/mol. The Morgan fingerprint density at radius 1 is 0.224 bits per heavy atom. The normalized spacial score (nSPS) is 10.9. The molecule has 0 radical (unpaired) electrons. The van der Waals surface area contributed by atoms with Gasteiger partial charge in [-0.1, -0.05) is 386 Å². The molecule has 3 aliphatic rings. The van der Waals surface area contributed by atoms with E-state index in [0.29, 0.717) is 0 Å². The molecule has 2 nitrogen and oxygen atoms in total. The third kappa shape index (κ3) is 17.8. The third-order valence-electron chi connectivity index (χ3n) is 16.0. The minimum Gasteiger partial charge on any atom is -0.345 e. The van der Waals surface area contributed by atoms with Gasteiger partial charge in [0.2, 0.25) is 0 Å². The van der Waals surface area contributed by atoms with Crippen LogP contribution < -0.4 is 9.80 Å². The molecule has 0 N–H and O–H groups in total. The third-order valence-corrected chi connectivity index (χ3v) is 16.0. The lowest BCUT2D eigenvalue weighted by Crippen LogP contribution is -2.30. The van der Waals surface area contributed by atoms with E-state index in [9.17, 15) is 0 Å². The van der Waals surface area contributed by atoms with Crippen molar-refractivity contribution in [2.75, 3.05) is 16.8 Å². The molecule has 2 heteroatoms. The summed E-state index contributed by atoms with van der Waals surface area (Å²) in [6, 6.07) is 102. The van der Waals surface area contributed by atoms with E-state index >= 15 is 0 Å². The zero-order valence-electron chi connectivity index (χ0n) is 66.1. The van der Waals surface area contributed by atoms with Crippen molar-refractivity contribution in [1.29, 1.82) is 0 Å². The summed E-state index contributed by atoms with van der Waals surface area (Å²) in [5.74, 6) is 0. The Labute approximate surface area is 601 Å². The number of nitrogens with zero attached hydrogens (tertiary/aromatic N) is 2. The SMILES string of the molecule is CC.CC.CC.CC.CC.CC.CC.CC.CC.CC.CC.CC.CC.CN(c1ccccc1)c1ccc2c(c1)C(c1ccccc1)(c1ccccc1)c1cc3c(cc1-2)C(c1ccccc1)(c1ccccc1)c1cc(N(c2ccccc2)c2cccc4c2-c2ccccc2C4)ccc1-3. The summed E-state index contributed by atoms with van der Waals surface area (Å²) in [6.07, 6.45) is 0.929. The first-order valence-electron chi connectivity index (χ1n) is 38.2. The predicted octanol–water partition coefficient (Wildman–Crippen LogP) is 30.6. The Bertz CT molecular complexity index is 3750. The Morgan fingerprint density at radius 3 is 0.898 bits per heavy atom. The fraction of sp³-hybridized carbons (Fsp3) is 0.312. The van der Waals surface area contributed by atoms with Crippen molar-refractivity contribution in [1.82, 2.24) is 0 Å². The smallest absolute Gasteiger partial charge is 0.0714 e. The van der Waals surface area contributed by atoms with Gasteiger partial charge in [-0.05, 0) is 157 Å². The van der Waals surface area contributed by atoms with Gasteiger partial charge in [0, 0.05) is 35.4 Å². The molecule has 98 heavy (non-hydrogen) atoms. The molecular formula is C96H128N2. The van der Waals surface area contributed by atoms with Crippen LogP contribution >= 0.6 is 0 Å². The first-order valence-corrected chi connectivity index (χ1v) is 38.2. The van der Waals surface area contributed by atoms with Crippen LogP contribution in [0.3, 0.4) is 0 Å². The van der Waals surface area contributed by atoms with Crippen LogP contribution in [0.15, 0.2) is 273 Å². The van der Waals surface area contributed by atoms with Crippen molar-refractivity contribution in [3.63, 3.8) is 0 Å². The quantitative estimate of drug-likeness (QED) is 0.142. The molecule has 0 amide bonds. The highest BCUT2D eigenvalue weighted by Crippen LogP contribution is 2.64. The molecule has 14 rings (SSSR count). The molecule has 0 saturated heterocycles. The summed E-state index contributed by atoms with van der Waals surface area (Å²) >= 11 is 0. The van der Waals surface area contributed by atoms with Crippen LogP contribution in [-0.2, 0) is 17.3 Å². The summed E-state index contributed by atoms with van der Waals surface area (Å²) in [6.45, 7) is 52.0. The Balaban J connectivity index is 0.00000167. The van der Waals surface area contributed by atoms with Crippen molar-refractivity contribution < 1.29 is 0 Å². The summed E-state index contributed by atoms with van der Waals surface area (Å²) in [5, 5.41) is 0. The monoisotopic (exact) mass is 1310 g/mol. The molecule has 0 aromatic heterocycles. The van der Waals surface area contributed by atoms with E-state index < -0.39 is 10.8 Å². The number of hydrogen-bond acceptors (Lipinski definition) is 2. The number of fused-ring (bicyclic) bond motifs is 9. The number of hydrogen-bond donors (Lipinski definition) is 0. The van der Waals surface area contributed by atoms with Gasteiger partial charge in [-0.3, -0.25) is 0 Å². The fourth-order valence-electron chi connectivity index (χ4n) is 12.9. The van der Waals surface area contributed by atoms with Gasteiger partial charge >= 0.3 is 0 Å². The maximum Gasteiger partial charge on any atom is 0.0714 e. The van der Waals surface area contributed by atoms with Crippen molar-refractivity contribution in [2.24, 2.45) is 0 Å². The Morgan fingerprint density at radius 2 is 0.520 bits per heavy atom. The van der Waals surface area contributed by atoms with Crippen LogP contribution in [-0.4, -0.2) is 7.05 Å². The first kappa shape index (κ1) is 87.0. The standard InChI is InChI=1S/C70H50N2.13C2H6/c1-71(54-33-16-6-17-34-54)56-39-41-59-61-46-66-62(47-65(61)69(63(59)44-56,50-25-8-2-9-26-50)51-27-10-3-11-28-51)60-42-40-57(45-64(60)70(66,52-29-12-4-13-30-52)53-31-14-5-15-32-53)72(55-35-18-7-19-36-55)67-38-22-24-49-43-48-23-20-21-37-58(48)68(49)67;13*1-2/h2-42,44-47H,43H2,1H3;13*1-2H3. The van der Waals surface area contributed by atoms with Gasteiger partial charge < -0.3 is 9.80 Å². The summed E-state index contributed by atoms with van der Waals surface area (Å²) < 4.78 is 0. The number of benzene rings is 11. The maximum atomic E-state index is 2.59. The van der Waals surface area contributed by atoms with E-state index in [1.807, 2.05) is 180 Å². The summed E-state index contributed by atoms with van der Waals surface area (Å²) in [7, 11) is 2.18. The van der Waals surface area contributed by atoms with E-state index in [2.05, 4.69) is 290 Å². The van der Waals surface area contributed by atoms with Gasteiger partial charge in [-0.25, -0.2) is 0 Å². The maximum absolute atomic E-state index is 2.59. The van der Waals surface area contributed by atoms with Gasteiger partial charge in [-0.2, -0.15) is 0 Å². The van der Waals surface area contributed by atoms with Gasteiger partial charge in [-0.15, -0.1) is 0 Å². The lowest BCUT2D eigenvalue weighted by molar-refractivity contribution is 0.759. The highest BCUT2D eigenvalue weighted by molar-refractivity contribution is 5.98. The minimum absolute atomic E-state index is 0.616. The lowest BCUT2D eigenvalue weighted by atomic mass is 9.66. The molecule has 0 bridgehead atoms. The van der Waals surface area contributed by atoms with E-state index in [-0.39, 0.29) is 0 Å². The lowest BCUT2D eigenvalue weighted by Gasteiger charge is -2.36. The van der Waals surface area contributed by atoms with E-state index in [0.717, 1.165) is 29.2 Å². The molecule has 0 saturated carbocycles. The van der Waals surface area contributed by atoms with Gasteiger partial charge in [0.1, 0.15) is 0 Å². The zero-order chi connectivity index (χ0) is 73.8. The molecule has 0 atom stereocenters. The highest BCUT2D eigenvalue weighted by Gasteiger charge is 2.52. The van der Waals surface area contributed by atoms with Crippen LogP contribution in [0.2, 0.25) is 0 Å². The summed E-state index contributed by atoms with van der Waals surface area (Å²) in [4.78, 5) is 4.82. The second-order valence-corrected chi connectivity index (χ2v) is 19.6. The minimum atomic E-state index is -0.663. The molecule has 0 fully saturated rings. The van der Waals surface area contributed by atoms with E-state index in [1.165, 1.54) is 94.7 Å². The van der Waals surface area contributed by atoms with Crippen molar-refractivity contribution >= 4 is 28.4 Å². The second-order valence-electron chi connectivity index (χ2n) is 19.6. The average molecular weight is 1310 g/mol. The first-order chi connectivity index (χ1) is 48.6. The Kier molecular flexibility index (Phi) is 42.5. The van der Waals surface area contributed by atoms with Gasteiger partial charge in [0.15, 0.2) is 0 Å². The molecular weight excluding hydrogens is 1180 g/mol. The molecule has 3 aliphatic carbocycles. The molecule has 11 aromatic rings. The van der Waals surface area contributed by atoms with Crippen molar-refractivity contribution in [2.45, 2.75) is 197 Å². The van der Waals surface area contributed by atoms with Crippen LogP contribution in [0.4, 0.5) is 28.4 Å². The second kappa shape index (κ2) is 47.9. The average Bonchev–Trinajstić information content (AvgIpc) is 1.51. The van der Waals surface area contributed by atoms with Crippen molar-refractivity contribution in [3.8, 4) is 33.4 Å². The number of anilines is 5. The van der Waals surface area contributed by atoms with Crippen LogP contribution in [0.1, 0.15) is 236 Å². The molecule has 522 valence electrons.